The minimum atomic E-state index is -3.31. The first-order valence-electron chi connectivity index (χ1n) is 4.98. The van der Waals surface area contributed by atoms with Crippen LogP contribution >= 0.6 is 0 Å². The summed E-state index contributed by atoms with van der Waals surface area (Å²) in [5.41, 5.74) is 1.14. The Hall–Kier alpha value is -1.07. The average Bonchev–Trinajstić information content (AvgIpc) is 2.24. The fourth-order valence-electron chi connectivity index (χ4n) is 1.28. The maximum absolute atomic E-state index is 10.7. The molecule has 0 bridgehead atoms. The van der Waals surface area contributed by atoms with Crippen molar-refractivity contribution in [3.8, 4) is 5.75 Å². The highest BCUT2D eigenvalue weighted by Gasteiger charge is 2.01. The summed E-state index contributed by atoms with van der Waals surface area (Å²) in [6, 6.07) is 7.68. The number of methoxy groups -OCH3 is 1. The molecule has 1 aromatic rings. The summed E-state index contributed by atoms with van der Waals surface area (Å²) in [6.07, 6.45) is 2.53. The zero-order chi connectivity index (χ0) is 12.0. The highest BCUT2D eigenvalue weighted by molar-refractivity contribution is 7.85. The molecule has 0 N–H and O–H groups in total. The second-order valence-electron chi connectivity index (χ2n) is 3.48. The molecule has 0 unspecified atom stereocenters. The molecule has 0 saturated carbocycles. The SMILES string of the molecule is COc1ccc(CCCOS(C)(=O)=O)cc1. The lowest BCUT2D eigenvalue weighted by molar-refractivity contribution is 0.316. The lowest BCUT2D eigenvalue weighted by atomic mass is 10.1. The van der Waals surface area contributed by atoms with Gasteiger partial charge in [-0.2, -0.15) is 8.42 Å². The quantitative estimate of drug-likeness (QED) is 0.563. The van der Waals surface area contributed by atoms with E-state index in [-0.39, 0.29) is 6.61 Å². The molecule has 0 fully saturated rings. The molecule has 0 amide bonds. The third-order valence-corrected chi connectivity index (χ3v) is 2.66. The van der Waals surface area contributed by atoms with E-state index in [9.17, 15) is 8.42 Å². The van der Waals surface area contributed by atoms with Gasteiger partial charge in [-0.15, -0.1) is 0 Å². The van der Waals surface area contributed by atoms with Crippen molar-refractivity contribution in [1.82, 2.24) is 0 Å². The van der Waals surface area contributed by atoms with E-state index in [1.807, 2.05) is 24.3 Å². The van der Waals surface area contributed by atoms with E-state index in [0.29, 0.717) is 6.42 Å². The van der Waals surface area contributed by atoms with E-state index < -0.39 is 10.1 Å². The summed E-state index contributed by atoms with van der Waals surface area (Å²) < 4.78 is 31.1. The fourth-order valence-corrected chi connectivity index (χ4v) is 1.70. The molecule has 90 valence electrons. The van der Waals surface area contributed by atoms with Crippen molar-refractivity contribution in [2.75, 3.05) is 20.0 Å². The minimum absolute atomic E-state index is 0.227. The number of hydrogen-bond donors (Lipinski definition) is 0. The third-order valence-electron chi connectivity index (χ3n) is 2.07. The Morgan fingerprint density at radius 1 is 1.19 bits per heavy atom. The van der Waals surface area contributed by atoms with Gasteiger partial charge in [0, 0.05) is 0 Å². The van der Waals surface area contributed by atoms with Crippen LogP contribution in [0.1, 0.15) is 12.0 Å². The zero-order valence-electron chi connectivity index (χ0n) is 9.47. The molecular formula is C11H16O4S. The Labute approximate surface area is 96.3 Å². The Balaban J connectivity index is 2.32. The molecule has 0 aliphatic rings. The molecule has 0 aliphatic heterocycles. The predicted molar refractivity (Wildman–Crippen MR) is 62.1 cm³/mol. The van der Waals surface area contributed by atoms with Crippen LogP contribution in [0.2, 0.25) is 0 Å². The van der Waals surface area contributed by atoms with Crippen molar-refractivity contribution < 1.29 is 17.3 Å². The van der Waals surface area contributed by atoms with Gasteiger partial charge < -0.3 is 4.74 Å². The number of ether oxygens (including phenoxy) is 1. The van der Waals surface area contributed by atoms with E-state index in [1.165, 1.54) is 0 Å². The van der Waals surface area contributed by atoms with Gasteiger partial charge in [-0.1, -0.05) is 12.1 Å². The van der Waals surface area contributed by atoms with Crippen molar-refractivity contribution >= 4 is 10.1 Å². The third kappa shape index (κ3) is 5.14. The Kier molecular flexibility index (Phi) is 4.76. The molecule has 0 spiro atoms. The first-order valence-corrected chi connectivity index (χ1v) is 6.80. The number of rotatable bonds is 6. The van der Waals surface area contributed by atoms with Gasteiger partial charge in [0.2, 0.25) is 0 Å². The van der Waals surface area contributed by atoms with Gasteiger partial charge in [0.1, 0.15) is 5.75 Å². The van der Waals surface area contributed by atoms with Crippen molar-refractivity contribution in [3.63, 3.8) is 0 Å². The predicted octanol–water partition coefficient (Wildman–Crippen LogP) is 1.60. The first kappa shape index (κ1) is 13.0. The highest BCUT2D eigenvalue weighted by atomic mass is 32.2. The minimum Gasteiger partial charge on any atom is -0.497 e. The maximum atomic E-state index is 10.7. The molecule has 1 aromatic carbocycles. The average molecular weight is 244 g/mol. The van der Waals surface area contributed by atoms with Crippen LogP contribution < -0.4 is 4.74 Å². The van der Waals surface area contributed by atoms with Gasteiger partial charge in [0.25, 0.3) is 10.1 Å². The van der Waals surface area contributed by atoms with E-state index >= 15 is 0 Å². The van der Waals surface area contributed by atoms with Gasteiger partial charge in [0.15, 0.2) is 0 Å². The van der Waals surface area contributed by atoms with Crippen LogP contribution in [-0.2, 0) is 20.7 Å². The standard InChI is InChI=1S/C11H16O4S/c1-14-11-7-5-10(6-8-11)4-3-9-15-16(2,12)13/h5-8H,3-4,9H2,1-2H3. The molecule has 5 heteroatoms. The van der Waals surface area contributed by atoms with Gasteiger partial charge in [0.05, 0.1) is 20.0 Å². The second-order valence-corrected chi connectivity index (χ2v) is 5.12. The van der Waals surface area contributed by atoms with Crippen LogP contribution in [0.4, 0.5) is 0 Å². The molecule has 0 aliphatic carbocycles. The Bertz CT molecular complexity index is 408. The number of benzene rings is 1. The molecule has 0 radical (unpaired) electrons. The molecule has 4 nitrogen and oxygen atoms in total. The summed E-state index contributed by atoms with van der Waals surface area (Å²) in [7, 11) is -1.69. The van der Waals surface area contributed by atoms with E-state index in [1.54, 1.807) is 7.11 Å². The molecular weight excluding hydrogens is 228 g/mol. The van der Waals surface area contributed by atoms with E-state index in [0.717, 1.165) is 24.0 Å². The summed E-state index contributed by atoms with van der Waals surface area (Å²) >= 11 is 0. The Morgan fingerprint density at radius 2 is 1.81 bits per heavy atom. The van der Waals surface area contributed by atoms with Crippen molar-refractivity contribution in [2.24, 2.45) is 0 Å². The van der Waals surface area contributed by atoms with Gasteiger partial charge in [-0.25, -0.2) is 0 Å². The van der Waals surface area contributed by atoms with Crippen LogP contribution in [0.3, 0.4) is 0 Å². The van der Waals surface area contributed by atoms with Crippen LogP contribution in [0.5, 0.6) is 5.75 Å². The molecule has 16 heavy (non-hydrogen) atoms. The maximum Gasteiger partial charge on any atom is 0.264 e. The van der Waals surface area contributed by atoms with Crippen LogP contribution in [0, 0.1) is 0 Å². The monoisotopic (exact) mass is 244 g/mol. The summed E-state index contributed by atoms with van der Waals surface area (Å²) in [6.45, 7) is 0.227. The van der Waals surface area contributed by atoms with Crippen LogP contribution in [-0.4, -0.2) is 28.4 Å². The largest absolute Gasteiger partial charge is 0.497 e. The summed E-state index contributed by atoms with van der Waals surface area (Å²) in [5, 5.41) is 0. The molecule has 0 atom stereocenters. The smallest absolute Gasteiger partial charge is 0.264 e. The molecule has 0 heterocycles. The molecule has 1 rings (SSSR count). The fraction of sp³-hybridized carbons (Fsp3) is 0.455. The van der Waals surface area contributed by atoms with Crippen molar-refractivity contribution in [3.05, 3.63) is 29.8 Å². The lowest BCUT2D eigenvalue weighted by Gasteiger charge is -2.03. The van der Waals surface area contributed by atoms with Gasteiger partial charge in [-0.3, -0.25) is 4.18 Å². The highest BCUT2D eigenvalue weighted by Crippen LogP contribution is 2.12. The second kappa shape index (κ2) is 5.86. The Morgan fingerprint density at radius 3 is 2.31 bits per heavy atom. The van der Waals surface area contributed by atoms with E-state index in [2.05, 4.69) is 4.18 Å². The normalized spacial score (nSPS) is 11.4. The topological polar surface area (TPSA) is 52.6 Å². The first-order chi connectivity index (χ1) is 7.51. The van der Waals surface area contributed by atoms with Gasteiger partial charge >= 0.3 is 0 Å². The summed E-state index contributed by atoms with van der Waals surface area (Å²) in [4.78, 5) is 0. The molecule has 0 saturated heterocycles. The van der Waals surface area contributed by atoms with E-state index in [4.69, 9.17) is 4.74 Å². The number of hydrogen-bond acceptors (Lipinski definition) is 4. The van der Waals surface area contributed by atoms with Crippen molar-refractivity contribution in [1.29, 1.82) is 0 Å². The molecule has 0 aromatic heterocycles. The van der Waals surface area contributed by atoms with Crippen LogP contribution in [0.25, 0.3) is 0 Å². The lowest BCUT2D eigenvalue weighted by Crippen LogP contribution is -2.04. The van der Waals surface area contributed by atoms with Gasteiger partial charge in [-0.05, 0) is 30.5 Å². The summed E-state index contributed by atoms with van der Waals surface area (Å²) in [5.74, 6) is 0.816. The van der Waals surface area contributed by atoms with Crippen LogP contribution in [0.15, 0.2) is 24.3 Å². The zero-order valence-corrected chi connectivity index (χ0v) is 10.3. The van der Waals surface area contributed by atoms with Crippen molar-refractivity contribution in [2.45, 2.75) is 12.8 Å². The number of aryl methyl sites for hydroxylation is 1.